The summed E-state index contributed by atoms with van der Waals surface area (Å²) in [5, 5.41) is 19.3. The van der Waals surface area contributed by atoms with E-state index in [1.165, 1.54) is 12.1 Å². The van der Waals surface area contributed by atoms with Crippen LogP contribution in [0.25, 0.3) is 0 Å². The van der Waals surface area contributed by atoms with Gasteiger partial charge < -0.3 is 19.6 Å². The molecule has 9 heteroatoms. The second-order valence-electron chi connectivity index (χ2n) is 6.39. The van der Waals surface area contributed by atoms with Crippen LogP contribution in [0.15, 0.2) is 22.6 Å². The topological polar surface area (TPSA) is 97.5 Å². The van der Waals surface area contributed by atoms with Crippen molar-refractivity contribution in [2.24, 2.45) is 0 Å². The average molecular weight is 354 g/mol. The van der Waals surface area contributed by atoms with E-state index in [4.69, 9.17) is 25.9 Å². The largest absolute Gasteiger partial charge is 0.484 e. The minimum atomic E-state index is -1.02. The Morgan fingerprint density at radius 3 is 2.83 bits per heavy atom. The van der Waals surface area contributed by atoms with Gasteiger partial charge in [-0.15, -0.1) is 10.2 Å². The summed E-state index contributed by atoms with van der Waals surface area (Å²) in [6, 6.07) is 4.13. The third kappa shape index (κ3) is 2.37. The predicted molar refractivity (Wildman–Crippen MR) is 79.5 cm³/mol. The first-order valence-corrected chi connectivity index (χ1v) is 7.69. The van der Waals surface area contributed by atoms with Crippen molar-refractivity contribution in [3.8, 4) is 5.75 Å². The molecule has 126 valence electrons. The van der Waals surface area contributed by atoms with Crippen molar-refractivity contribution in [3.05, 3.63) is 40.8 Å². The molecule has 0 radical (unpaired) electrons. The molecule has 1 amide bonds. The van der Waals surface area contributed by atoms with Gasteiger partial charge in [0.05, 0.1) is 10.4 Å². The summed E-state index contributed by atoms with van der Waals surface area (Å²) < 4.78 is 24.4. The smallest absolute Gasteiger partial charge is 0.405 e. The van der Waals surface area contributed by atoms with Crippen LogP contribution in [0.3, 0.4) is 0 Å². The molecule has 0 aliphatic heterocycles. The zero-order valence-corrected chi connectivity index (χ0v) is 13.1. The summed E-state index contributed by atoms with van der Waals surface area (Å²) in [6.07, 6.45) is 0.976. The zero-order chi connectivity index (χ0) is 16.9. The van der Waals surface area contributed by atoms with Crippen molar-refractivity contribution >= 4 is 17.7 Å². The summed E-state index contributed by atoms with van der Waals surface area (Å²) >= 11 is 5.61. The quantitative estimate of drug-likeness (QED) is 0.857. The molecular formula is C15H13ClFN3O4. The molecule has 3 fully saturated rings. The molecule has 2 N–H and O–H groups in total. The number of nitrogens with one attached hydrogen (secondary N) is 1. The van der Waals surface area contributed by atoms with Crippen molar-refractivity contribution in [2.75, 3.05) is 0 Å². The van der Waals surface area contributed by atoms with Gasteiger partial charge in [-0.3, -0.25) is 0 Å². The number of aromatic nitrogens is 2. The molecule has 1 aromatic carbocycles. The third-order valence-electron chi connectivity index (χ3n) is 4.58. The van der Waals surface area contributed by atoms with E-state index in [9.17, 15) is 9.18 Å². The van der Waals surface area contributed by atoms with Crippen molar-refractivity contribution in [3.63, 3.8) is 0 Å². The number of halogens is 2. The van der Waals surface area contributed by atoms with Crippen LogP contribution in [0.4, 0.5) is 9.18 Å². The van der Waals surface area contributed by atoms with Crippen LogP contribution in [0.5, 0.6) is 5.75 Å². The van der Waals surface area contributed by atoms with Crippen molar-refractivity contribution in [2.45, 2.75) is 36.8 Å². The number of benzene rings is 1. The lowest BCUT2D eigenvalue weighted by atomic mass is 9.39. The molecule has 0 atom stereocenters. The van der Waals surface area contributed by atoms with E-state index in [0.29, 0.717) is 30.9 Å². The van der Waals surface area contributed by atoms with E-state index >= 15 is 0 Å². The molecule has 24 heavy (non-hydrogen) atoms. The number of carbonyl (C=O) groups is 1. The SMILES string of the molecule is O=C(O)NC12CC(c3nnc(COc4ccc(Cl)c(F)c4)o3)(C1)C2. The highest BCUT2D eigenvalue weighted by molar-refractivity contribution is 6.30. The van der Waals surface area contributed by atoms with Gasteiger partial charge in [0, 0.05) is 11.6 Å². The Morgan fingerprint density at radius 1 is 1.42 bits per heavy atom. The van der Waals surface area contributed by atoms with E-state index in [1.54, 1.807) is 6.07 Å². The molecule has 0 spiro atoms. The maximum absolute atomic E-state index is 13.3. The van der Waals surface area contributed by atoms with E-state index in [1.807, 2.05) is 0 Å². The maximum Gasteiger partial charge on any atom is 0.405 e. The van der Waals surface area contributed by atoms with Crippen LogP contribution in [0.1, 0.15) is 31.0 Å². The van der Waals surface area contributed by atoms with Gasteiger partial charge >= 0.3 is 6.09 Å². The predicted octanol–water partition coefficient (Wildman–Crippen LogP) is 2.88. The normalized spacial score (nSPS) is 27.1. The van der Waals surface area contributed by atoms with Crippen molar-refractivity contribution in [1.29, 1.82) is 0 Å². The fourth-order valence-corrected chi connectivity index (χ4v) is 3.73. The van der Waals surface area contributed by atoms with Gasteiger partial charge in [-0.25, -0.2) is 9.18 Å². The van der Waals surface area contributed by atoms with E-state index in [0.717, 1.165) is 0 Å². The first kappa shape index (κ1) is 15.2. The monoisotopic (exact) mass is 353 g/mol. The minimum Gasteiger partial charge on any atom is -0.484 e. The Labute approximate surface area is 140 Å². The van der Waals surface area contributed by atoms with Crippen molar-refractivity contribution < 1.29 is 23.4 Å². The van der Waals surface area contributed by atoms with Crippen LogP contribution in [-0.2, 0) is 12.0 Å². The van der Waals surface area contributed by atoms with Crippen LogP contribution in [-0.4, -0.2) is 26.9 Å². The van der Waals surface area contributed by atoms with Gasteiger partial charge in [0.25, 0.3) is 5.89 Å². The molecule has 2 bridgehead atoms. The average Bonchev–Trinajstić information content (AvgIpc) is 2.91. The molecule has 3 aliphatic rings. The molecule has 5 rings (SSSR count). The van der Waals surface area contributed by atoms with E-state index < -0.39 is 11.9 Å². The number of nitrogens with zero attached hydrogens (tertiary/aromatic N) is 2. The number of hydrogen-bond donors (Lipinski definition) is 2. The Hall–Kier alpha value is -2.35. The second-order valence-corrected chi connectivity index (χ2v) is 6.79. The van der Waals surface area contributed by atoms with Gasteiger partial charge in [-0.2, -0.15) is 0 Å². The molecular weight excluding hydrogens is 341 g/mol. The molecule has 1 heterocycles. The molecule has 7 nitrogen and oxygen atoms in total. The fourth-order valence-electron chi connectivity index (χ4n) is 3.61. The number of amides is 1. The summed E-state index contributed by atoms with van der Waals surface area (Å²) in [7, 11) is 0. The number of hydrogen-bond acceptors (Lipinski definition) is 5. The lowest BCUT2D eigenvalue weighted by molar-refractivity contribution is -0.0983. The molecule has 3 aliphatic carbocycles. The summed E-state index contributed by atoms with van der Waals surface area (Å²) in [5.41, 5.74) is -0.558. The highest BCUT2D eigenvalue weighted by atomic mass is 35.5. The van der Waals surface area contributed by atoms with Crippen LogP contribution in [0, 0.1) is 5.82 Å². The summed E-state index contributed by atoms with van der Waals surface area (Å²) in [5.74, 6) is 0.528. The minimum absolute atomic E-state index is 0.0165. The maximum atomic E-state index is 13.3. The van der Waals surface area contributed by atoms with Gasteiger partial charge in [-0.1, -0.05) is 11.6 Å². The Kier molecular flexibility index (Phi) is 3.21. The summed E-state index contributed by atoms with van der Waals surface area (Å²) in [6.45, 7) is 0.0165. The van der Waals surface area contributed by atoms with Gasteiger partial charge in [0.2, 0.25) is 5.89 Å². The van der Waals surface area contributed by atoms with Crippen LogP contribution in [0.2, 0.25) is 5.02 Å². The number of ether oxygens (including phenoxy) is 1. The molecule has 0 saturated heterocycles. The number of rotatable bonds is 5. The zero-order valence-electron chi connectivity index (χ0n) is 12.4. The first-order chi connectivity index (χ1) is 11.4. The Morgan fingerprint density at radius 2 is 2.17 bits per heavy atom. The first-order valence-electron chi connectivity index (χ1n) is 7.32. The highest BCUT2D eigenvalue weighted by Crippen LogP contribution is 2.67. The standard InChI is InChI=1S/C15H13ClFN3O4/c16-9-2-1-8(3-10(9)17)23-4-11-19-20-12(24-11)14-5-15(6-14,7-14)18-13(21)22/h1-3,18H,4-7H2,(H,21,22). The van der Waals surface area contributed by atoms with E-state index in [-0.39, 0.29) is 28.5 Å². The van der Waals surface area contributed by atoms with Crippen LogP contribution < -0.4 is 10.1 Å². The highest BCUT2D eigenvalue weighted by Gasteiger charge is 2.72. The lowest BCUT2D eigenvalue weighted by Crippen LogP contribution is -2.76. The Balaban J connectivity index is 1.37. The van der Waals surface area contributed by atoms with Gasteiger partial charge in [-0.05, 0) is 31.4 Å². The van der Waals surface area contributed by atoms with Crippen LogP contribution >= 0.6 is 11.6 Å². The molecule has 2 aromatic rings. The lowest BCUT2D eigenvalue weighted by Gasteiger charge is -2.68. The molecule has 3 saturated carbocycles. The van der Waals surface area contributed by atoms with Gasteiger partial charge in [0.15, 0.2) is 6.61 Å². The summed E-state index contributed by atoms with van der Waals surface area (Å²) in [4.78, 5) is 10.7. The molecule has 0 unspecified atom stereocenters. The van der Waals surface area contributed by atoms with Gasteiger partial charge in [0.1, 0.15) is 11.6 Å². The second kappa shape index (κ2) is 5.07. The number of carboxylic acid groups (broad SMARTS) is 1. The molecule has 1 aromatic heterocycles. The third-order valence-corrected chi connectivity index (χ3v) is 4.88. The van der Waals surface area contributed by atoms with E-state index in [2.05, 4.69) is 15.5 Å². The van der Waals surface area contributed by atoms with Crippen molar-refractivity contribution in [1.82, 2.24) is 15.5 Å². The fraction of sp³-hybridized carbons (Fsp3) is 0.400. The Bertz CT molecular complexity index is 805.